The molecule has 0 radical (unpaired) electrons. The Labute approximate surface area is 113 Å². The highest BCUT2D eigenvalue weighted by atomic mass is 17.0. The molecule has 4 fully saturated rings. The molecule has 0 aromatic rings. The lowest BCUT2D eigenvalue weighted by atomic mass is 9.86. The zero-order valence-electron chi connectivity index (χ0n) is 11.0. The van der Waals surface area contributed by atoms with Gasteiger partial charge in [0.2, 0.25) is 0 Å². The maximum atomic E-state index is 5.46. The van der Waals surface area contributed by atoms with Crippen molar-refractivity contribution in [3.05, 3.63) is 0 Å². The van der Waals surface area contributed by atoms with Crippen molar-refractivity contribution in [3.8, 4) is 0 Å². The molecule has 4 heterocycles. The van der Waals surface area contributed by atoms with Gasteiger partial charge in [-0.3, -0.25) is 0 Å². The summed E-state index contributed by atoms with van der Waals surface area (Å²) in [5.41, 5.74) is 0. The lowest BCUT2D eigenvalue weighted by molar-refractivity contribution is -0.870. The monoisotopic (exact) mass is 270 g/mol. The number of hydrogen-bond acceptors (Lipinski definition) is 8. The number of nitrogens with zero attached hydrogens (tertiary/aromatic N) is 1. The van der Waals surface area contributed by atoms with Crippen molar-refractivity contribution in [1.82, 2.24) is 0 Å². The van der Waals surface area contributed by atoms with Gasteiger partial charge in [-0.2, -0.15) is 0 Å². The van der Waals surface area contributed by atoms with E-state index >= 15 is 0 Å². The predicted octanol–water partition coefficient (Wildman–Crippen LogP) is -2.21. The van der Waals surface area contributed by atoms with Crippen molar-refractivity contribution in [2.45, 2.75) is 0 Å². The topological polar surface area (TPSA) is 73.8 Å². The first-order valence-electron chi connectivity index (χ1n) is 5.98. The molecule has 4 saturated heterocycles. The second-order valence-electron chi connectivity index (χ2n) is 5.28. The summed E-state index contributed by atoms with van der Waals surface area (Å²) < 4.78 is 42.3. The number of quaternary nitrogens is 1. The average molecular weight is 269 g/mol. The van der Waals surface area contributed by atoms with E-state index in [0.29, 0.717) is 6.61 Å². The summed E-state index contributed by atoms with van der Waals surface area (Å²) in [6.07, 6.45) is 0. The fraction of sp³-hybridized carbons (Fsp3) is 1.00. The number of likely N-dealkylation sites (N-methyl/N-ethyl adjacent to an activating group) is 1. The van der Waals surface area contributed by atoms with Crippen molar-refractivity contribution >= 4 is 36.6 Å². The molecule has 0 N–H and O–H groups in total. The van der Waals surface area contributed by atoms with E-state index in [1.54, 1.807) is 0 Å². The highest BCUT2D eigenvalue weighted by Gasteiger charge is 2.59. The molecule has 0 aromatic carbocycles. The largest absolute Gasteiger partial charge is 0.615 e. The zero-order chi connectivity index (χ0) is 13.5. The second-order valence-corrected chi connectivity index (χ2v) is 5.28. The molecule has 14 heteroatoms. The highest BCUT2D eigenvalue weighted by Crippen LogP contribution is 2.22. The second kappa shape index (κ2) is 5.39. The smallest absolute Gasteiger partial charge is 0.402 e. The Kier molecular flexibility index (Phi) is 3.95. The van der Waals surface area contributed by atoms with E-state index in [1.807, 2.05) is 0 Å². The quantitative estimate of drug-likeness (QED) is 0.420. The Morgan fingerprint density at radius 1 is 0.737 bits per heavy atom. The fourth-order valence-electron chi connectivity index (χ4n) is 1.50. The summed E-state index contributed by atoms with van der Waals surface area (Å²) in [5.74, 6) is 0. The molecule has 0 amide bonds. The van der Waals surface area contributed by atoms with Crippen LogP contribution in [0.4, 0.5) is 0 Å². The summed E-state index contributed by atoms with van der Waals surface area (Å²) in [4.78, 5) is 0. The molecule has 4 bridgehead atoms. The Balaban J connectivity index is 1.48. The van der Waals surface area contributed by atoms with Crippen molar-refractivity contribution in [2.75, 3.05) is 34.3 Å². The van der Waals surface area contributed by atoms with E-state index in [0.717, 1.165) is 11.0 Å². The van der Waals surface area contributed by atoms with E-state index in [9.17, 15) is 0 Å². The number of rotatable bonds is 4. The minimum atomic E-state index is -1.01. The van der Waals surface area contributed by atoms with Crippen LogP contribution in [0.25, 0.3) is 0 Å². The summed E-state index contributed by atoms with van der Waals surface area (Å²) in [6, 6.07) is 0. The van der Waals surface area contributed by atoms with Crippen LogP contribution in [-0.4, -0.2) is 75.4 Å². The third kappa shape index (κ3) is 3.75. The molecular formula is C5H13B5NO8+. The maximum Gasteiger partial charge on any atom is 0.615 e. The first-order valence-corrected chi connectivity index (χ1v) is 5.98. The molecule has 0 spiro atoms. The van der Waals surface area contributed by atoms with Crippen molar-refractivity contribution < 1.29 is 41.1 Å². The Morgan fingerprint density at radius 2 is 1.16 bits per heavy atom. The molecule has 0 aliphatic carbocycles. The van der Waals surface area contributed by atoms with E-state index in [1.165, 1.54) is 0 Å². The van der Waals surface area contributed by atoms with Crippen LogP contribution >= 0.6 is 0 Å². The molecule has 4 rings (SSSR count). The molecule has 4 aliphatic heterocycles. The standard InChI is InChI=1S/C5H13B5NO8/c1-11(2,3)4-5-12-6-13-7-15-8(14-6)17-10-18-9(16-7)19-10/h4-5H2,1-3H3/q+1. The third-order valence-electron chi connectivity index (χ3n) is 2.57. The molecule has 0 atom stereocenters. The van der Waals surface area contributed by atoms with Gasteiger partial charge in [0.1, 0.15) is 6.54 Å². The van der Waals surface area contributed by atoms with Gasteiger partial charge in [0, 0.05) is 0 Å². The zero-order valence-corrected chi connectivity index (χ0v) is 11.0. The summed E-state index contributed by atoms with van der Waals surface area (Å²) >= 11 is 0. The average Bonchev–Trinajstić information content (AvgIpc) is 2.22. The van der Waals surface area contributed by atoms with E-state index < -0.39 is 36.6 Å². The van der Waals surface area contributed by atoms with Crippen LogP contribution in [0.15, 0.2) is 0 Å². The Hall–Kier alpha value is -0.0353. The van der Waals surface area contributed by atoms with E-state index in [2.05, 4.69) is 21.1 Å². The van der Waals surface area contributed by atoms with Crippen LogP contribution in [0.1, 0.15) is 0 Å². The lowest BCUT2D eigenvalue weighted by Gasteiger charge is -2.38. The SMILES string of the molecule is C[N+](C)(C)CCOB1OB2OB(O1)OB1OB(O2)O1. The van der Waals surface area contributed by atoms with Gasteiger partial charge < -0.3 is 41.1 Å². The minimum absolute atomic E-state index is 0.466. The lowest BCUT2D eigenvalue weighted by Crippen LogP contribution is -2.65. The van der Waals surface area contributed by atoms with Gasteiger partial charge in [-0.25, -0.2) is 0 Å². The van der Waals surface area contributed by atoms with Crippen LogP contribution in [0, 0.1) is 0 Å². The van der Waals surface area contributed by atoms with Crippen molar-refractivity contribution in [1.29, 1.82) is 0 Å². The van der Waals surface area contributed by atoms with Gasteiger partial charge in [-0.15, -0.1) is 0 Å². The normalized spacial score (nSPS) is 23.2. The van der Waals surface area contributed by atoms with E-state index in [4.69, 9.17) is 36.7 Å². The molecule has 9 nitrogen and oxygen atoms in total. The fourth-order valence-corrected chi connectivity index (χ4v) is 1.50. The first-order chi connectivity index (χ1) is 8.98. The van der Waals surface area contributed by atoms with Crippen LogP contribution in [0.3, 0.4) is 0 Å². The van der Waals surface area contributed by atoms with Gasteiger partial charge in [0.25, 0.3) is 0 Å². The van der Waals surface area contributed by atoms with Crippen LogP contribution < -0.4 is 0 Å². The van der Waals surface area contributed by atoms with Gasteiger partial charge >= 0.3 is 36.6 Å². The highest BCUT2D eigenvalue weighted by molar-refractivity contribution is 6.79. The molecule has 100 valence electrons. The van der Waals surface area contributed by atoms with Crippen LogP contribution in [0.2, 0.25) is 0 Å². The predicted molar refractivity (Wildman–Crippen MR) is 65.2 cm³/mol. The number of hydrogen-bond donors (Lipinski definition) is 0. The summed E-state index contributed by atoms with van der Waals surface area (Å²) in [5, 5.41) is 0. The molecule has 0 unspecified atom stereocenters. The molecular weight excluding hydrogens is 256 g/mol. The van der Waals surface area contributed by atoms with Gasteiger partial charge in [-0.1, -0.05) is 0 Å². The van der Waals surface area contributed by atoms with Gasteiger partial charge in [0.05, 0.1) is 27.7 Å². The minimum Gasteiger partial charge on any atom is -0.402 e. The van der Waals surface area contributed by atoms with Crippen molar-refractivity contribution in [2.24, 2.45) is 0 Å². The molecule has 0 aromatic heterocycles. The summed E-state index contributed by atoms with van der Waals surface area (Å²) in [6.45, 7) is 1.27. The molecule has 19 heavy (non-hydrogen) atoms. The maximum absolute atomic E-state index is 5.46. The first kappa shape index (κ1) is 13.9. The van der Waals surface area contributed by atoms with E-state index in [-0.39, 0.29) is 0 Å². The molecule has 4 aliphatic rings. The summed E-state index contributed by atoms with van der Waals surface area (Å²) in [7, 11) is 1.56. The Morgan fingerprint density at radius 3 is 1.58 bits per heavy atom. The Bertz CT molecular complexity index is 303. The van der Waals surface area contributed by atoms with Gasteiger partial charge in [0.15, 0.2) is 0 Å². The van der Waals surface area contributed by atoms with Crippen molar-refractivity contribution in [3.63, 3.8) is 0 Å². The van der Waals surface area contributed by atoms with Gasteiger partial charge in [-0.05, 0) is 0 Å². The van der Waals surface area contributed by atoms with Crippen LogP contribution in [-0.2, 0) is 36.7 Å². The third-order valence-corrected chi connectivity index (χ3v) is 2.57. The molecule has 0 saturated carbocycles. The van der Waals surface area contributed by atoms with Crippen LogP contribution in [0.5, 0.6) is 0 Å².